The highest BCUT2D eigenvalue weighted by atomic mass is 31.2. The predicted octanol–water partition coefficient (Wildman–Crippen LogP) is 19.7. The Morgan fingerprint density at radius 1 is 0.307 bits per heavy atom. The van der Waals surface area contributed by atoms with Crippen molar-refractivity contribution in [1.82, 2.24) is 0 Å². The lowest BCUT2D eigenvalue weighted by Crippen LogP contribution is -2.30. The molecule has 0 amide bonds. The lowest BCUT2D eigenvalue weighted by Gasteiger charge is -2.21. The molecule has 88 heavy (non-hydrogen) atoms. The third-order valence-corrected chi connectivity index (χ3v) is 17.9. The van der Waals surface area contributed by atoms with Crippen LogP contribution >= 0.6 is 15.6 Å². The van der Waals surface area contributed by atoms with Gasteiger partial charge in [-0.25, -0.2) is 9.13 Å². The number of carbonyl (C=O) groups excluding carboxylic acids is 4. The Morgan fingerprint density at radius 3 is 0.773 bits per heavy atom. The van der Waals surface area contributed by atoms with Crippen LogP contribution in [0.4, 0.5) is 0 Å². The van der Waals surface area contributed by atoms with Crippen LogP contribution in [-0.2, 0) is 65.4 Å². The Morgan fingerprint density at radius 2 is 0.523 bits per heavy atom. The van der Waals surface area contributed by atoms with Crippen LogP contribution in [0.15, 0.2) is 0 Å². The van der Waals surface area contributed by atoms with Gasteiger partial charge in [0.2, 0.25) is 0 Å². The van der Waals surface area contributed by atoms with E-state index in [1.807, 2.05) is 0 Å². The minimum atomic E-state index is -4.95. The summed E-state index contributed by atoms with van der Waals surface area (Å²) in [6.45, 7) is 7.17. The monoisotopic (exact) mass is 1300 g/mol. The zero-order valence-electron chi connectivity index (χ0n) is 56.9. The average molecular weight is 1300 g/mol. The number of esters is 4. The van der Waals surface area contributed by atoms with Gasteiger partial charge in [0.05, 0.1) is 26.4 Å². The molecule has 0 aromatic heterocycles. The van der Waals surface area contributed by atoms with E-state index in [0.29, 0.717) is 31.6 Å². The van der Waals surface area contributed by atoms with Crippen LogP contribution in [0.1, 0.15) is 356 Å². The summed E-state index contributed by atoms with van der Waals surface area (Å²) in [5, 5.41) is 10.6. The number of phosphoric acid groups is 2. The van der Waals surface area contributed by atoms with Crippen molar-refractivity contribution < 1.29 is 80.2 Å². The molecule has 0 spiro atoms. The van der Waals surface area contributed by atoms with Crippen molar-refractivity contribution in [1.29, 1.82) is 0 Å². The first-order valence-electron chi connectivity index (χ1n) is 36.1. The number of rotatable bonds is 69. The number of phosphoric ester groups is 2. The quantitative estimate of drug-likeness (QED) is 0.0222. The van der Waals surface area contributed by atoms with Gasteiger partial charge in [-0.05, 0) is 31.6 Å². The number of ether oxygens (including phenoxy) is 4. The fourth-order valence-electron chi connectivity index (χ4n) is 10.5. The maximum Gasteiger partial charge on any atom is 0.472 e. The molecule has 0 aromatic rings. The third-order valence-electron chi connectivity index (χ3n) is 16.0. The van der Waals surface area contributed by atoms with E-state index in [9.17, 15) is 43.2 Å². The van der Waals surface area contributed by atoms with E-state index in [1.165, 1.54) is 180 Å². The number of aliphatic hydroxyl groups is 1. The van der Waals surface area contributed by atoms with Gasteiger partial charge in [0, 0.05) is 25.7 Å². The van der Waals surface area contributed by atoms with Crippen LogP contribution in [0.5, 0.6) is 0 Å². The lowest BCUT2D eigenvalue weighted by molar-refractivity contribution is -0.161. The van der Waals surface area contributed by atoms with Crippen molar-refractivity contribution in [2.24, 2.45) is 5.92 Å². The maximum absolute atomic E-state index is 13.0. The van der Waals surface area contributed by atoms with Gasteiger partial charge in [-0.3, -0.25) is 37.3 Å². The van der Waals surface area contributed by atoms with Crippen molar-refractivity contribution in [2.75, 3.05) is 39.6 Å². The zero-order chi connectivity index (χ0) is 64.9. The van der Waals surface area contributed by atoms with Crippen molar-refractivity contribution in [3.05, 3.63) is 0 Å². The number of hydrogen-bond acceptors (Lipinski definition) is 15. The SMILES string of the molecule is CCCCCCCCCCCCCCCCCCC(=O)O[C@H](COC(=O)CCCCCCCCCCCCCC)COP(=O)(O)OC[C@@H](O)COP(=O)(O)OC[C@@H](COC(=O)CCCCCCCCCCCC)OC(=O)CCCCCCCCCC(C)C. The molecule has 17 nitrogen and oxygen atoms in total. The molecular weight excluding hydrogens is 1160 g/mol. The van der Waals surface area contributed by atoms with Gasteiger partial charge in [-0.15, -0.1) is 0 Å². The smallest absolute Gasteiger partial charge is 0.462 e. The van der Waals surface area contributed by atoms with Crippen molar-refractivity contribution in [3.63, 3.8) is 0 Å². The topological polar surface area (TPSA) is 237 Å². The van der Waals surface area contributed by atoms with E-state index in [2.05, 4.69) is 34.6 Å². The minimum Gasteiger partial charge on any atom is -0.462 e. The Kier molecular flexibility index (Phi) is 61.1. The maximum atomic E-state index is 13.0. The second kappa shape index (κ2) is 62.5. The molecule has 0 saturated carbocycles. The Hall–Kier alpha value is -1.94. The third kappa shape index (κ3) is 62.8. The Balaban J connectivity index is 5.23. The van der Waals surface area contributed by atoms with Crippen molar-refractivity contribution in [2.45, 2.75) is 374 Å². The first kappa shape index (κ1) is 86.1. The van der Waals surface area contributed by atoms with Gasteiger partial charge in [-0.2, -0.15) is 0 Å². The fraction of sp³-hybridized carbons (Fsp3) is 0.942. The molecule has 3 N–H and O–H groups in total. The van der Waals surface area contributed by atoms with Crippen LogP contribution in [-0.4, -0.2) is 96.7 Å². The molecule has 0 heterocycles. The van der Waals surface area contributed by atoms with E-state index in [1.54, 1.807) is 0 Å². The van der Waals surface area contributed by atoms with Crippen LogP contribution in [0.2, 0.25) is 0 Å². The zero-order valence-corrected chi connectivity index (χ0v) is 58.6. The second-order valence-electron chi connectivity index (χ2n) is 25.4. The first-order valence-corrected chi connectivity index (χ1v) is 39.1. The van der Waals surface area contributed by atoms with Crippen molar-refractivity contribution in [3.8, 4) is 0 Å². The summed E-state index contributed by atoms with van der Waals surface area (Å²) >= 11 is 0. The summed E-state index contributed by atoms with van der Waals surface area (Å²) in [5.74, 6) is -1.43. The van der Waals surface area contributed by atoms with Crippen molar-refractivity contribution >= 4 is 39.5 Å². The normalized spacial score (nSPS) is 14.1. The van der Waals surface area contributed by atoms with E-state index in [4.69, 9.17) is 37.0 Å². The van der Waals surface area contributed by atoms with Crippen LogP contribution in [0.25, 0.3) is 0 Å². The molecule has 0 bridgehead atoms. The second-order valence-corrected chi connectivity index (χ2v) is 28.3. The standard InChI is InChI=1S/C69H134O17P2/c1-6-9-12-15-18-21-24-26-27-28-29-31-34-39-44-49-54-68(73)85-64(58-80-67(72)53-48-43-38-33-30-25-22-19-16-13-10-7-2)60-83-87(75,76)81-56-63(70)57-82-88(77,78)84-61-65(86-69(74)55-50-45-40-35-36-41-46-51-62(4)5)59-79-66(71)52-47-42-37-32-23-20-17-14-11-8-3/h62-65,70H,6-61H2,1-5H3,(H,75,76)(H,77,78)/t63-,64-,65-/m1/s1. The molecule has 2 unspecified atom stereocenters. The van der Waals surface area contributed by atoms with Gasteiger partial charge in [0.1, 0.15) is 19.3 Å². The van der Waals surface area contributed by atoms with Crippen LogP contribution in [0, 0.1) is 5.92 Å². The van der Waals surface area contributed by atoms with Gasteiger partial charge < -0.3 is 33.8 Å². The molecule has 0 rings (SSSR count). The summed E-state index contributed by atoms with van der Waals surface area (Å²) in [7, 11) is -9.89. The Labute approximate surface area is 537 Å². The molecule has 0 radical (unpaired) electrons. The molecule has 0 aliphatic heterocycles. The van der Waals surface area contributed by atoms with Crippen LogP contribution in [0.3, 0.4) is 0 Å². The summed E-state index contributed by atoms with van der Waals surface area (Å²) in [6, 6.07) is 0. The molecule has 0 aliphatic rings. The molecule has 522 valence electrons. The highest BCUT2D eigenvalue weighted by molar-refractivity contribution is 7.47. The lowest BCUT2D eigenvalue weighted by atomic mass is 10.0. The highest BCUT2D eigenvalue weighted by Crippen LogP contribution is 2.45. The minimum absolute atomic E-state index is 0.104. The molecule has 0 fully saturated rings. The summed E-state index contributed by atoms with van der Waals surface area (Å²) < 4.78 is 68.2. The number of aliphatic hydroxyl groups excluding tert-OH is 1. The molecule has 0 saturated heterocycles. The molecule has 19 heteroatoms. The molecule has 5 atom stereocenters. The van der Waals surface area contributed by atoms with E-state index in [0.717, 1.165) is 89.9 Å². The fourth-order valence-corrected chi connectivity index (χ4v) is 12.0. The van der Waals surface area contributed by atoms with Gasteiger partial charge in [0.25, 0.3) is 0 Å². The van der Waals surface area contributed by atoms with E-state index >= 15 is 0 Å². The van der Waals surface area contributed by atoms with E-state index in [-0.39, 0.29) is 25.7 Å². The largest absolute Gasteiger partial charge is 0.472 e. The number of carbonyl (C=O) groups is 4. The van der Waals surface area contributed by atoms with Crippen LogP contribution < -0.4 is 0 Å². The summed E-state index contributed by atoms with van der Waals surface area (Å²) in [6.07, 6.45) is 48.6. The molecular formula is C69H134O17P2. The van der Waals surface area contributed by atoms with E-state index < -0.39 is 97.5 Å². The van der Waals surface area contributed by atoms with Gasteiger partial charge in [0.15, 0.2) is 12.2 Å². The molecule has 0 aliphatic carbocycles. The number of hydrogen-bond donors (Lipinski definition) is 3. The average Bonchev–Trinajstić information content (AvgIpc) is 3.62. The van der Waals surface area contributed by atoms with Gasteiger partial charge >= 0.3 is 39.5 Å². The summed E-state index contributed by atoms with van der Waals surface area (Å²) in [5.41, 5.74) is 0. The Bertz CT molecular complexity index is 1700. The number of unbranched alkanes of at least 4 members (excludes halogenated alkanes) is 41. The molecule has 0 aromatic carbocycles. The highest BCUT2D eigenvalue weighted by Gasteiger charge is 2.30. The summed E-state index contributed by atoms with van der Waals surface area (Å²) in [4.78, 5) is 72.4. The first-order chi connectivity index (χ1) is 42.5. The van der Waals surface area contributed by atoms with Gasteiger partial charge in [-0.1, -0.05) is 304 Å². The predicted molar refractivity (Wildman–Crippen MR) is 354 cm³/mol.